The SMILES string of the molecule is Cc1cnc(C(C)NC(C)CC2CC2)s1. The molecule has 2 nitrogen and oxygen atoms in total. The molecule has 1 heterocycles. The molecule has 84 valence electrons. The van der Waals surface area contributed by atoms with Crippen molar-refractivity contribution in [1.29, 1.82) is 0 Å². The Morgan fingerprint density at radius 2 is 2.27 bits per heavy atom. The van der Waals surface area contributed by atoms with Crippen molar-refractivity contribution in [2.24, 2.45) is 5.92 Å². The van der Waals surface area contributed by atoms with Gasteiger partial charge in [0.05, 0.1) is 6.04 Å². The average molecular weight is 224 g/mol. The highest BCUT2D eigenvalue weighted by Crippen LogP contribution is 2.33. The summed E-state index contributed by atoms with van der Waals surface area (Å²) >= 11 is 1.80. The number of nitrogens with one attached hydrogen (secondary N) is 1. The summed E-state index contributed by atoms with van der Waals surface area (Å²) in [5, 5.41) is 4.85. The first-order chi connectivity index (χ1) is 7.15. The summed E-state index contributed by atoms with van der Waals surface area (Å²) in [5.74, 6) is 0.998. The maximum absolute atomic E-state index is 4.42. The molecule has 2 unspecified atom stereocenters. The molecule has 1 saturated carbocycles. The number of hydrogen-bond acceptors (Lipinski definition) is 3. The van der Waals surface area contributed by atoms with Gasteiger partial charge in [0.15, 0.2) is 0 Å². The van der Waals surface area contributed by atoms with E-state index in [0.717, 1.165) is 5.92 Å². The van der Waals surface area contributed by atoms with Gasteiger partial charge in [0.2, 0.25) is 0 Å². The van der Waals surface area contributed by atoms with Crippen LogP contribution < -0.4 is 5.32 Å². The summed E-state index contributed by atoms with van der Waals surface area (Å²) in [6, 6.07) is 1.02. The summed E-state index contributed by atoms with van der Waals surface area (Å²) in [6.07, 6.45) is 6.17. The lowest BCUT2D eigenvalue weighted by Crippen LogP contribution is -2.29. The lowest BCUT2D eigenvalue weighted by molar-refractivity contribution is 0.437. The summed E-state index contributed by atoms with van der Waals surface area (Å²) in [6.45, 7) is 6.61. The van der Waals surface area contributed by atoms with Crippen molar-refractivity contribution in [1.82, 2.24) is 10.3 Å². The maximum atomic E-state index is 4.42. The minimum absolute atomic E-state index is 0.400. The van der Waals surface area contributed by atoms with E-state index in [1.54, 1.807) is 11.3 Å². The zero-order valence-electron chi connectivity index (χ0n) is 9.79. The van der Waals surface area contributed by atoms with Crippen LogP contribution in [0.4, 0.5) is 0 Å². The highest BCUT2D eigenvalue weighted by atomic mass is 32.1. The summed E-state index contributed by atoms with van der Waals surface area (Å²) in [4.78, 5) is 5.72. The van der Waals surface area contributed by atoms with Gasteiger partial charge >= 0.3 is 0 Å². The van der Waals surface area contributed by atoms with Crippen LogP contribution in [-0.2, 0) is 0 Å². The minimum Gasteiger partial charge on any atom is -0.306 e. The Kier molecular flexibility index (Phi) is 3.42. The van der Waals surface area contributed by atoms with Gasteiger partial charge in [0.1, 0.15) is 5.01 Å². The molecule has 1 aliphatic rings. The highest BCUT2D eigenvalue weighted by molar-refractivity contribution is 7.11. The van der Waals surface area contributed by atoms with Gasteiger partial charge in [-0.15, -0.1) is 11.3 Å². The quantitative estimate of drug-likeness (QED) is 0.830. The molecule has 0 aliphatic heterocycles. The van der Waals surface area contributed by atoms with Gasteiger partial charge in [0.25, 0.3) is 0 Å². The number of rotatable bonds is 5. The zero-order chi connectivity index (χ0) is 10.8. The molecule has 0 aromatic carbocycles. The highest BCUT2D eigenvalue weighted by Gasteiger charge is 2.24. The van der Waals surface area contributed by atoms with Gasteiger partial charge in [-0.05, 0) is 33.1 Å². The molecule has 0 spiro atoms. The molecule has 1 fully saturated rings. The molecule has 0 saturated heterocycles. The van der Waals surface area contributed by atoms with Crippen LogP contribution in [0.2, 0.25) is 0 Å². The zero-order valence-corrected chi connectivity index (χ0v) is 10.6. The molecule has 2 rings (SSSR count). The maximum Gasteiger partial charge on any atom is 0.109 e. The standard InChI is InChI=1S/C12H20N2S/c1-8(6-11-4-5-11)14-10(3)12-13-7-9(2)15-12/h7-8,10-11,14H,4-6H2,1-3H3. The second-order valence-corrected chi connectivity index (χ2v) is 6.04. The molecule has 0 radical (unpaired) electrons. The number of aryl methyl sites for hydroxylation is 1. The molecule has 1 N–H and O–H groups in total. The molecule has 15 heavy (non-hydrogen) atoms. The first kappa shape index (κ1) is 11.1. The van der Waals surface area contributed by atoms with Gasteiger partial charge in [0, 0.05) is 17.1 Å². The van der Waals surface area contributed by atoms with E-state index in [0.29, 0.717) is 12.1 Å². The Morgan fingerprint density at radius 1 is 1.53 bits per heavy atom. The van der Waals surface area contributed by atoms with Crippen molar-refractivity contribution in [2.45, 2.75) is 52.1 Å². The largest absolute Gasteiger partial charge is 0.306 e. The third-order valence-corrected chi connectivity index (χ3v) is 4.02. The first-order valence-corrected chi connectivity index (χ1v) is 6.65. The van der Waals surface area contributed by atoms with Crippen molar-refractivity contribution in [3.05, 3.63) is 16.1 Å². The van der Waals surface area contributed by atoms with Crippen LogP contribution in [0.15, 0.2) is 6.20 Å². The Labute approximate surface area is 96.1 Å². The predicted octanol–water partition coefficient (Wildman–Crippen LogP) is 3.29. The summed E-state index contributed by atoms with van der Waals surface area (Å²) in [7, 11) is 0. The fourth-order valence-corrected chi connectivity index (χ4v) is 2.78. The number of hydrogen-bond donors (Lipinski definition) is 1. The smallest absolute Gasteiger partial charge is 0.109 e. The Hall–Kier alpha value is -0.410. The normalized spacial score (nSPS) is 20.2. The molecule has 1 aromatic heterocycles. The third-order valence-electron chi connectivity index (χ3n) is 2.93. The molecule has 0 bridgehead atoms. The first-order valence-electron chi connectivity index (χ1n) is 5.83. The monoisotopic (exact) mass is 224 g/mol. The number of aromatic nitrogens is 1. The van der Waals surface area contributed by atoms with Crippen molar-refractivity contribution in [3.63, 3.8) is 0 Å². The van der Waals surface area contributed by atoms with Crippen molar-refractivity contribution in [2.75, 3.05) is 0 Å². The van der Waals surface area contributed by atoms with Crippen molar-refractivity contribution in [3.8, 4) is 0 Å². The molecule has 1 aliphatic carbocycles. The van der Waals surface area contributed by atoms with Crippen LogP contribution in [0.3, 0.4) is 0 Å². The van der Waals surface area contributed by atoms with E-state index in [4.69, 9.17) is 0 Å². The molecule has 3 heteroatoms. The minimum atomic E-state index is 0.400. The fraction of sp³-hybridized carbons (Fsp3) is 0.750. The van der Waals surface area contributed by atoms with E-state index >= 15 is 0 Å². The van der Waals surface area contributed by atoms with Crippen LogP contribution in [-0.4, -0.2) is 11.0 Å². The van der Waals surface area contributed by atoms with Gasteiger partial charge in [-0.1, -0.05) is 12.8 Å². The Morgan fingerprint density at radius 3 is 2.80 bits per heavy atom. The van der Waals surface area contributed by atoms with Crippen LogP contribution in [0.5, 0.6) is 0 Å². The number of thiazole rings is 1. The molecule has 0 amide bonds. The predicted molar refractivity (Wildman–Crippen MR) is 65.2 cm³/mol. The van der Waals surface area contributed by atoms with Crippen molar-refractivity contribution >= 4 is 11.3 Å². The van der Waals surface area contributed by atoms with E-state index in [1.807, 2.05) is 6.20 Å². The Bertz CT molecular complexity index is 317. The van der Waals surface area contributed by atoms with Crippen LogP contribution in [0.25, 0.3) is 0 Å². The van der Waals surface area contributed by atoms with E-state index in [-0.39, 0.29) is 0 Å². The van der Waals surface area contributed by atoms with Crippen LogP contribution in [0.1, 0.15) is 49.0 Å². The van der Waals surface area contributed by atoms with Gasteiger partial charge in [-0.2, -0.15) is 0 Å². The third kappa shape index (κ3) is 3.28. The molecular weight excluding hydrogens is 204 g/mol. The molecular formula is C12H20N2S. The van der Waals surface area contributed by atoms with Gasteiger partial charge < -0.3 is 5.32 Å². The second kappa shape index (κ2) is 4.62. The molecule has 1 aromatic rings. The van der Waals surface area contributed by atoms with E-state index in [1.165, 1.54) is 29.1 Å². The Balaban J connectivity index is 1.82. The van der Waals surface area contributed by atoms with E-state index in [2.05, 4.69) is 31.1 Å². The van der Waals surface area contributed by atoms with E-state index < -0.39 is 0 Å². The lowest BCUT2D eigenvalue weighted by atomic mass is 10.1. The summed E-state index contributed by atoms with van der Waals surface area (Å²) in [5.41, 5.74) is 0. The van der Waals surface area contributed by atoms with Gasteiger partial charge in [-0.3, -0.25) is 0 Å². The van der Waals surface area contributed by atoms with Crippen molar-refractivity contribution < 1.29 is 0 Å². The second-order valence-electron chi connectivity index (χ2n) is 4.78. The number of nitrogens with zero attached hydrogens (tertiary/aromatic N) is 1. The summed E-state index contributed by atoms with van der Waals surface area (Å²) < 4.78 is 0. The lowest BCUT2D eigenvalue weighted by Gasteiger charge is -2.18. The van der Waals surface area contributed by atoms with E-state index in [9.17, 15) is 0 Å². The van der Waals surface area contributed by atoms with Gasteiger partial charge in [-0.25, -0.2) is 4.98 Å². The van der Waals surface area contributed by atoms with Crippen LogP contribution >= 0.6 is 11.3 Å². The molecule has 2 atom stereocenters. The average Bonchev–Trinajstić information content (AvgIpc) is 2.85. The van der Waals surface area contributed by atoms with Crippen LogP contribution in [0, 0.1) is 12.8 Å². The fourth-order valence-electron chi connectivity index (χ4n) is 1.99. The topological polar surface area (TPSA) is 24.9 Å².